The van der Waals surface area contributed by atoms with E-state index in [1.54, 1.807) is 0 Å². The summed E-state index contributed by atoms with van der Waals surface area (Å²) < 4.78 is 0. The first-order chi connectivity index (χ1) is 9.25. The maximum absolute atomic E-state index is 2.45. The Kier molecular flexibility index (Phi) is 4.99. The van der Waals surface area contributed by atoms with Gasteiger partial charge in [-0.15, -0.1) is 0 Å². The van der Waals surface area contributed by atoms with Crippen molar-refractivity contribution < 1.29 is 4.90 Å². The summed E-state index contributed by atoms with van der Waals surface area (Å²) in [6, 6.07) is 21.3. The fourth-order valence-electron chi connectivity index (χ4n) is 2.10. The number of anilines is 1. The Morgan fingerprint density at radius 2 is 1.42 bits per heavy atom. The second kappa shape index (κ2) is 6.95. The Hall–Kier alpha value is -1.80. The van der Waals surface area contributed by atoms with Crippen molar-refractivity contribution in [3.8, 4) is 0 Å². The molecule has 0 saturated carbocycles. The maximum Gasteiger partial charge on any atom is 0.0945 e. The molecule has 0 atom stereocenters. The molecule has 0 aliphatic rings. The Labute approximate surface area is 116 Å². The number of likely N-dealkylation sites (N-methyl/N-ethyl adjacent to an activating group) is 1. The molecule has 2 aromatic rings. The van der Waals surface area contributed by atoms with E-state index in [0.29, 0.717) is 0 Å². The highest BCUT2D eigenvalue weighted by Crippen LogP contribution is 2.15. The molecule has 0 spiro atoms. The topological polar surface area (TPSA) is 7.68 Å². The number of quaternary nitrogens is 1. The molecule has 0 saturated heterocycles. The maximum atomic E-state index is 2.45. The van der Waals surface area contributed by atoms with Crippen LogP contribution in [0.4, 0.5) is 5.69 Å². The highest BCUT2D eigenvalue weighted by molar-refractivity contribution is 5.46. The second-order valence-electron chi connectivity index (χ2n) is 5.20. The van der Waals surface area contributed by atoms with Crippen LogP contribution < -0.4 is 9.80 Å². The van der Waals surface area contributed by atoms with Gasteiger partial charge in [-0.05, 0) is 17.7 Å². The summed E-state index contributed by atoms with van der Waals surface area (Å²) in [4.78, 5) is 3.93. The zero-order valence-electron chi connectivity index (χ0n) is 11.8. The quantitative estimate of drug-likeness (QED) is 0.827. The molecule has 0 aliphatic carbocycles. The van der Waals surface area contributed by atoms with Gasteiger partial charge in [0.1, 0.15) is 0 Å². The summed E-state index contributed by atoms with van der Waals surface area (Å²) in [7, 11) is 4.40. The van der Waals surface area contributed by atoms with Crippen LogP contribution in [0.15, 0.2) is 60.7 Å². The van der Waals surface area contributed by atoms with Gasteiger partial charge >= 0.3 is 0 Å². The summed E-state index contributed by atoms with van der Waals surface area (Å²) in [6.07, 6.45) is 0. The van der Waals surface area contributed by atoms with Crippen LogP contribution in [0.3, 0.4) is 0 Å². The van der Waals surface area contributed by atoms with Gasteiger partial charge in [-0.3, -0.25) is 0 Å². The minimum Gasteiger partial charge on any atom is -0.362 e. The van der Waals surface area contributed by atoms with Crippen molar-refractivity contribution in [3.63, 3.8) is 0 Å². The Balaban J connectivity index is 2.10. The lowest BCUT2D eigenvalue weighted by atomic mass is 10.2. The highest BCUT2D eigenvalue weighted by atomic mass is 15.2. The summed E-state index contributed by atoms with van der Waals surface area (Å²) >= 11 is 0. The average molecular weight is 255 g/mol. The van der Waals surface area contributed by atoms with Crippen molar-refractivity contribution in [2.24, 2.45) is 0 Å². The van der Waals surface area contributed by atoms with Crippen LogP contribution in [0.2, 0.25) is 0 Å². The predicted molar refractivity (Wildman–Crippen MR) is 81.6 cm³/mol. The lowest BCUT2D eigenvalue weighted by Gasteiger charge is -2.25. The van der Waals surface area contributed by atoms with Crippen LogP contribution in [-0.2, 0) is 6.54 Å². The number of nitrogens with one attached hydrogen (secondary N) is 1. The molecule has 0 aromatic heterocycles. The number of benzene rings is 2. The lowest BCUT2D eigenvalue weighted by Crippen LogP contribution is -3.06. The number of hydrogen-bond acceptors (Lipinski definition) is 1. The fraction of sp³-hybridized carbons (Fsp3) is 0.294. The van der Waals surface area contributed by atoms with Crippen LogP contribution in [0.5, 0.6) is 0 Å². The van der Waals surface area contributed by atoms with Gasteiger partial charge in [0.05, 0.1) is 27.2 Å². The van der Waals surface area contributed by atoms with E-state index in [4.69, 9.17) is 0 Å². The molecule has 2 rings (SSSR count). The van der Waals surface area contributed by atoms with Gasteiger partial charge in [0.2, 0.25) is 0 Å². The minimum absolute atomic E-state index is 0.970. The molecule has 0 amide bonds. The van der Waals surface area contributed by atoms with Gasteiger partial charge in [0.15, 0.2) is 0 Å². The molecule has 0 heterocycles. The molecule has 0 fully saturated rings. The van der Waals surface area contributed by atoms with Gasteiger partial charge in [0.25, 0.3) is 0 Å². The molecule has 2 aromatic carbocycles. The van der Waals surface area contributed by atoms with E-state index in [1.807, 2.05) is 0 Å². The van der Waals surface area contributed by atoms with Gasteiger partial charge in [-0.2, -0.15) is 0 Å². The van der Waals surface area contributed by atoms with Gasteiger partial charge < -0.3 is 9.80 Å². The Bertz CT molecular complexity index is 465. The van der Waals surface area contributed by atoms with Crippen LogP contribution in [0, 0.1) is 0 Å². The van der Waals surface area contributed by atoms with Crippen molar-refractivity contribution in [2.75, 3.05) is 32.1 Å². The molecular formula is C17H23N2+. The molecule has 2 nitrogen and oxygen atoms in total. The Morgan fingerprint density at radius 1 is 0.842 bits per heavy atom. The highest BCUT2D eigenvalue weighted by Gasteiger charge is 2.08. The zero-order valence-corrected chi connectivity index (χ0v) is 11.8. The number of nitrogens with zero attached hydrogens (tertiary/aromatic N) is 1. The van der Waals surface area contributed by atoms with Crippen LogP contribution >= 0.6 is 0 Å². The van der Waals surface area contributed by atoms with Gasteiger partial charge in [-0.1, -0.05) is 48.5 Å². The molecule has 100 valence electrons. The monoisotopic (exact) mass is 255 g/mol. The molecule has 1 N–H and O–H groups in total. The summed E-state index contributed by atoms with van der Waals surface area (Å²) in [5.74, 6) is 0. The molecule has 2 heteroatoms. The SMILES string of the molecule is C[NH+](C)CCN(Cc1ccccc1)c1ccccc1. The fourth-order valence-corrected chi connectivity index (χ4v) is 2.10. The number of rotatable bonds is 6. The first kappa shape index (κ1) is 13.6. The standard InChI is InChI=1S/C17H22N2/c1-18(2)13-14-19(17-11-7-4-8-12-17)15-16-9-5-3-6-10-16/h3-12H,13-15H2,1-2H3/p+1. The molecule has 0 unspecified atom stereocenters. The molecule has 0 bridgehead atoms. The van der Waals surface area contributed by atoms with Crippen molar-refractivity contribution >= 4 is 5.69 Å². The van der Waals surface area contributed by atoms with E-state index in [1.165, 1.54) is 16.2 Å². The van der Waals surface area contributed by atoms with E-state index < -0.39 is 0 Å². The largest absolute Gasteiger partial charge is 0.362 e. The summed E-state index contributed by atoms with van der Waals surface area (Å²) in [5.41, 5.74) is 2.66. The van der Waals surface area contributed by atoms with Crippen molar-refractivity contribution in [2.45, 2.75) is 6.54 Å². The predicted octanol–water partition coefficient (Wildman–Crippen LogP) is 1.84. The van der Waals surface area contributed by atoms with Crippen molar-refractivity contribution in [3.05, 3.63) is 66.2 Å². The normalized spacial score (nSPS) is 10.7. The van der Waals surface area contributed by atoms with E-state index in [2.05, 4.69) is 79.7 Å². The number of hydrogen-bond donors (Lipinski definition) is 1. The smallest absolute Gasteiger partial charge is 0.0945 e. The molecule has 0 aliphatic heterocycles. The molecule has 19 heavy (non-hydrogen) atoms. The zero-order chi connectivity index (χ0) is 13.5. The molecule has 0 radical (unpaired) electrons. The van der Waals surface area contributed by atoms with Crippen LogP contribution in [0.25, 0.3) is 0 Å². The first-order valence-corrected chi connectivity index (χ1v) is 6.88. The van der Waals surface area contributed by atoms with Crippen LogP contribution in [-0.4, -0.2) is 27.2 Å². The first-order valence-electron chi connectivity index (χ1n) is 6.88. The third-order valence-electron chi connectivity index (χ3n) is 3.22. The third-order valence-corrected chi connectivity index (χ3v) is 3.22. The summed E-state index contributed by atoms with van der Waals surface area (Å²) in [5, 5.41) is 0. The summed E-state index contributed by atoms with van der Waals surface area (Å²) in [6.45, 7) is 3.18. The second-order valence-corrected chi connectivity index (χ2v) is 5.20. The lowest BCUT2D eigenvalue weighted by molar-refractivity contribution is -0.856. The van der Waals surface area contributed by atoms with E-state index in [-0.39, 0.29) is 0 Å². The van der Waals surface area contributed by atoms with Gasteiger partial charge in [0, 0.05) is 12.2 Å². The van der Waals surface area contributed by atoms with Crippen molar-refractivity contribution in [1.29, 1.82) is 0 Å². The van der Waals surface area contributed by atoms with E-state index >= 15 is 0 Å². The van der Waals surface area contributed by atoms with E-state index in [9.17, 15) is 0 Å². The number of para-hydroxylation sites is 1. The van der Waals surface area contributed by atoms with Crippen molar-refractivity contribution in [1.82, 2.24) is 0 Å². The van der Waals surface area contributed by atoms with E-state index in [0.717, 1.165) is 19.6 Å². The van der Waals surface area contributed by atoms with Crippen LogP contribution in [0.1, 0.15) is 5.56 Å². The minimum atomic E-state index is 0.970. The molecular weight excluding hydrogens is 232 g/mol. The average Bonchev–Trinajstić information content (AvgIpc) is 2.45. The van der Waals surface area contributed by atoms with Gasteiger partial charge in [-0.25, -0.2) is 0 Å². The Morgan fingerprint density at radius 3 is 2.00 bits per heavy atom. The third kappa shape index (κ3) is 4.42.